The van der Waals surface area contributed by atoms with Gasteiger partial charge in [-0.2, -0.15) is 5.10 Å². The van der Waals surface area contributed by atoms with E-state index in [0.717, 1.165) is 11.3 Å². The lowest BCUT2D eigenvalue weighted by Crippen LogP contribution is -2.12. The molecule has 0 spiro atoms. The van der Waals surface area contributed by atoms with Gasteiger partial charge in [0.2, 0.25) is 0 Å². The predicted octanol–water partition coefficient (Wildman–Crippen LogP) is 3.33. The SMILES string of the molecule is COc1cc2nc(Cc3cnn(-c4cc(C)cc(C)c4)c3)[nH]c(=O)c2cc1OC. The molecule has 4 rings (SSSR count). The molecule has 148 valence electrons. The minimum atomic E-state index is -0.215. The van der Waals surface area contributed by atoms with Crippen LogP contribution in [-0.2, 0) is 6.42 Å². The minimum absolute atomic E-state index is 0.215. The summed E-state index contributed by atoms with van der Waals surface area (Å²) in [5.74, 6) is 1.59. The van der Waals surface area contributed by atoms with Crippen LogP contribution in [0.4, 0.5) is 0 Å². The lowest BCUT2D eigenvalue weighted by atomic mass is 10.1. The molecule has 7 heteroatoms. The van der Waals surface area contributed by atoms with E-state index in [2.05, 4.69) is 47.1 Å². The molecule has 0 amide bonds. The molecule has 0 aliphatic rings. The van der Waals surface area contributed by atoms with Crippen LogP contribution in [-0.4, -0.2) is 34.0 Å². The van der Waals surface area contributed by atoms with Gasteiger partial charge in [0.25, 0.3) is 5.56 Å². The van der Waals surface area contributed by atoms with Crippen LogP contribution in [0.3, 0.4) is 0 Å². The number of aryl methyl sites for hydroxylation is 2. The summed E-state index contributed by atoms with van der Waals surface area (Å²) < 4.78 is 12.4. The Morgan fingerprint density at radius 1 is 1.00 bits per heavy atom. The molecule has 7 nitrogen and oxygen atoms in total. The van der Waals surface area contributed by atoms with Crippen molar-refractivity contribution < 1.29 is 9.47 Å². The zero-order chi connectivity index (χ0) is 20.5. The van der Waals surface area contributed by atoms with Gasteiger partial charge < -0.3 is 14.5 Å². The van der Waals surface area contributed by atoms with Crippen molar-refractivity contribution in [1.29, 1.82) is 0 Å². The lowest BCUT2D eigenvalue weighted by Gasteiger charge is -2.09. The lowest BCUT2D eigenvalue weighted by molar-refractivity contribution is 0.355. The van der Waals surface area contributed by atoms with Crippen LogP contribution in [0.1, 0.15) is 22.5 Å². The number of nitrogens with zero attached hydrogens (tertiary/aromatic N) is 3. The second-order valence-corrected chi connectivity index (χ2v) is 7.05. The highest BCUT2D eigenvalue weighted by atomic mass is 16.5. The first-order valence-electron chi connectivity index (χ1n) is 9.24. The molecule has 0 atom stereocenters. The van der Waals surface area contributed by atoms with Gasteiger partial charge in [-0.1, -0.05) is 6.07 Å². The normalized spacial score (nSPS) is 11.0. The van der Waals surface area contributed by atoms with E-state index < -0.39 is 0 Å². The molecule has 2 heterocycles. The van der Waals surface area contributed by atoms with Gasteiger partial charge in [0.1, 0.15) is 5.82 Å². The number of H-pyrrole nitrogens is 1. The van der Waals surface area contributed by atoms with Crippen molar-refractivity contribution in [3.05, 3.63) is 75.6 Å². The molecule has 2 aromatic heterocycles. The number of methoxy groups -OCH3 is 2. The van der Waals surface area contributed by atoms with E-state index in [9.17, 15) is 4.79 Å². The molecule has 0 saturated carbocycles. The standard InChI is InChI=1S/C22H22N4O3/c1-13-5-14(2)7-16(6-13)26-12-15(11-23-26)8-21-24-18-10-20(29-4)19(28-3)9-17(18)22(27)25-21/h5-7,9-12H,8H2,1-4H3,(H,24,25,27). The molecule has 29 heavy (non-hydrogen) atoms. The third-order valence-electron chi connectivity index (χ3n) is 4.74. The highest BCUT2D eigenvalue weighted by molar-refractivity contribution is 5.81. The molecule has 0 unspecified atom stereocenters. The Morgan fingerprint density at radius 3 is 2.38 bits per heavy atom. The number of hydrogen-bond acceptors (Lipinski definition) is 5. The predicted molar refractivity (Wildman–Crippen MR) is 111 cm³/mol. The fourth-order valence-corrected chi connectivity index (χ4v) is 3.47. The van der Waals surface area contributed by atoms with Gasteiger partial charge in [0.05, 0.1) is 37.0 Å². The Bertz CT molecular complexity index is 1240. The van der Waals surface area contributed by atoms with Gasteiger partial charge in [-0.25, -0.2) is 9.67 Å². The average molecular weight is 390 g/mol. The molecular weight excluding hydrogens is 368 g/mol. The van der Waals surface area contributed by atoms with Crippen molar-refractivity contribution in [2.75, 3.05) is 14.2 Å². The summed E-state index contributed by atoms with van der Waals surface area (Å²) >= 11 is 0. The summed E-state index contributed by atoms with van der Waals surface area (Å²) in [7, 11) is 3.09. The number of fused-ring (bicyclic) bond motifs is 1. The van der Waals surface area contributed by atoms with E-state index in [0.29, 0.717) is 34.6 Å². The highest BCUT2D eigenvalue weighted by Crippen LogP contribution is 2.30. The zero-order valence-corrected chi connectivity index (χ0v) is 16.8. The summed E-state index contributed by atoms with van der Waals surface area (Å²) in [6.45, 7) is 4.13. The van der Waals surface area contributed by atoms with E-state index >= 15 is 0 Å². The first-order chi connectivity index (χ1) is 14.0. The highest BCUT2D eigenvalue weighted by Gasteiger charge is 2.12. The monoisotopic (exact) mass is 390 g/mol. The summed E-state index contributed by atoms with van der Waals surface area (Å²) in [6.07, 6.45) is 4.20. The Balaban J connectivity index is 1.68. The first kappa shape index (κ1) is 18.7. The number of hydrogen-bond donors (Lipinski definition) is 1. The van der Waals surface area contributed by atoms with Crippen LogP contribution in [0.2, 0.25) is 0 Å². The van der Waals surface area contributed by atoms with Crippen LogP contribution in [0.25, 0.3) is 16.6 Å². The van der Waals surface area contributed by atoms with Crippen LogP contribution < -0.4 is 15.0 Å². The zero-order valence-electron chi connectivity index (χ0n) is 16.8. The Hall–Kier alpha value is -3.61. The molecule has 2 aromatic carbocycles. The van der Waals surface area contributed by atoms with Crippen molar-refractivity contribution in [2.45, 2.75) is 20.3 Å². The smallest absolute Gasteiger partial charge is 0.258 e. The van der Waals surface area contributed by atoms with Crippen molar-refractivity contribution in [1.82, 2.24) is 19.7 Å². The molecule has 0 fully saturated rings. The molecule has 0 aliphatic heterocycles. The molecule has 4 aromatic rings. The summed E-state index contributed by atoms with van der Waals surface area (Å²) in [5.41, 5.74) is 4.66. The Labute approximate surface area is 167 Å². The molecular formula is C22H22N4O3. The van der Waals surface area contributed by atoms with Gasteiger partial charge in [-0.15, -0.1) is 0 Å². The number of ether oxygens (including phenoxy) is 2. The number of aromatic amines is 1. The maximum atomic E-state index is 12.5. The van der Waals surface area contributed by atoms with Crippen LogP contribution in [0.15, 0.2) is 47.5 Å². The van der Waals surface area contributed by atoms with Crippen molar-refractivity contribution in [3.63, 3.8) is 0 Å². The van der Waals surface area contributed by atoms with E-state index in [1.165, 1.54) is 18.2 Å². The maximum absolute atomic E-state index is 12.5. The Morgan fingerprint density at radius 2 is 1.69 bits per heavy atom. The summed E-state index contributed by atoms with van der Waals surface area (Å²) in [4.78, 5) is 20.0. The fraction of sp³-hybridized carbons (Fsp3) is 0.227. The molecule has 0 bridgehead atoms. The van der Waals surface area contributed by atoms with Crippen molar-refractivity contribution in [2.24, 2.45) is 0 Å². The second kappa shape index (κ2) is 7.43. The quantitative estimate of drug-likeness (QED) is 0.565. The number of nitrogens with one attached hydrogen (secondary N) is 1. The van der Waals surface area contributed by atoms with E-state index in [4.69, 9.17) is 9.47 Å². The minimum Gasteiger partial charge on any atom is -0.493 e. The van der Waals surface area contributed by atoms with Crippen LogP contribution >= 0.6 is 0 Å². The van der Waals surface area contributed by atoms with Crippen molar-refractivity contribution >= 4 is 10.9 Å². The summed E-state index contributed by atoms with van der Waals surface area (Å²) in [6, 6.07) is 9.65. The van der Waals surface area contributed by atoms with Gasteiger partial charge >= 0.3 is 0 Å². The van der Waals surface area contributed by atoms with Gasteiger partial charge in [0, 0.05) is 18.7 Å². The molecule has 1 N–H and O–H groups in total. The number of rotatable bonds is 5. The average Bonchev–Trinajstić information content (AvgIpc) is 3.15. The Kier molecular flexibility index (Phi) is 4.80. The van der Waals surface area contributed by atoms with Crippen LogP contribution in [0, 0.1) is 13.8 Å². The largest absolute Gasteiger partial charge is 0.493 e. The first-order valence-corrected chi connectivity index (χ1v) is 9.24. The maximum Gasteiger partial charge on any atom is 0.258 e. The number of benzene rings is 2. The van der Waals surface area contributed by atoms with E-state index in [1.807, 2.05) is 10.9 Å². The third kappa shape index (κ3) is 3.71. The van der Waals surface area contributed by atoms with Gasteiger partial charge in [-0.05, 0) is 48.7 Å². The van der Waals surface area contributed by atoms with Crippen LogP contribution in [0.5, 0.6) is 11.5 Å². The summed E-state index contributed by atoms with van der Waals surface area (Å²) in [5, 5.41) is 4.92. The molecule has 0 saturated heterocycles. The van der Waals surface area contributed by atoms with Gasteiger partial charge in [0.15, 0.2) is 11.5 Å². The molecule has 0 aliphatic carbocycles. The fourth-order valence-electron chi connectivity index (χ4n) is 3.47. The van der Waals surface area contributed by atoms with Gasteiger partial charge in [-0.3, -0.25) is 4.79 Å². The number of aromatic nitrogens is 4. The third-order valence-corrected chi connectivity index (χ3v) is 4.74. The van der Waals surface area contributed by atoms with E-state index in [1.54, 1.807) is 25.4 Å². The topological polar surface area (TPSA) is 82.0 Å². The van der Waals surface area contributed by atoms with Crippen molar-refractivity contribution in [3.8, 4) is 17.2 Å². The molecule has 0 radical (unpaired) electrons. The van der Waals surface area contributed by atoms with E-state index in [-0.39, 0.29) is 5.56 Å². The second-order valence-electron chi connectivity index (χ2n) is 7.05.